The molecule has 1 N–H and O–H groups in total. The van der Waals surface area contributed by atoms with Crippen LogP contribution in [0.4, 0.5) is 0 Å². The van der Waals surface area contributed by atoms with Crippen LogP contribution in [0.2, 0.25) is 0 Å². The van der Waals surface area contributed by atoms with Crippen LogP contribution in [0.1, 0.15) is 27.2 Å². The monoisotopic (exact) mass is 202 g/mol. The fourth-order valence-corrected chi connectivity index (χ4v) is 2.48. The topological polar surface area (TPSA) is 54.4 Å². The summed E-state index contributed by atoms with van der Waals surface area (Å²) in [5.74, 6) is 0. The summed E-state index contributed by atoms with van der Waals surface area (Å²) in [7, 11) is -4.01. The van der Waals surface area contributed by atoms with Gasteiger partial charge in [0.15, 0.2) is 0 Å². The van der Waals surface area contributed by atoms with Crippen LogP contribution in [0, 0.1) is 0 Å². The van der Waals surface area contributed by atoms with E-state index >= 15 is 0 Å². The SMILES string of the molecule is CC1=CC(C)(S(=O)(=O)O)CC(C)=C1. The van der Waals surface area contributed by atoms with Gasteiger partial charge in [0.2, 0.25) is 0 Å². The lowest BCUT2D eigenvalue weighted by molar-refractivity contribution is 0.450. The lowest BCUT2D eigenvalue weighted by Crippen LogP contribution is -2.34. The van der Waals surface area contributed by atoms with Crippen molar-refractivity contribution in [3.8, 4) is 0 Å². The Morgan fingerprint density at radius 2 is 2.00 bits per heavy atom. The van der Waals surface area contributed by atoms with Gasteiger partial charge in [-0.3, -0.25) is 4.55 Å². The summed E-state index contributed by atoms with van der Waals surface area (Å²) in [4.78, 5) is 0. The number of rotatable bonds is 1. The van der Waals surface area contributed by atoms with Gasteiger partial charge < -0.3 is 0 Å². The Bertz CT molecular complexity index is 376. The van der Waals surface area contributed by atoms with Crippen LogP contribution in [0.15, 0.2) is 23.3 Å². The quantitative estimate of drug-likeness (QED) is 0.661. The first-order valence-corrected chi connectivity index (χ1v) is 5.52. The smallest absolute Gasteiger partial charge is 0.274 e. The van der Waals surface area contributed by atoms with Gasteiger partial charge in [-0.25, -0.2) is 0 Å². The van der Waals surface area contributed by atoms with Gasteiger partial charge in [-0.15, -0.1) is 0 Å². The van der Waals surface area contributed by atoms with E-state index in [9.17, 15) is 8.42 Å². The first-order chi connectivity index (χ1) is 5.74. The van der Waals surface area contributed by atoms with Crippen LogP contribution < -0.4 is 0 Å². The van der Waals surface area contributed by atoms with E-state index in [1.54, 1.807) is 6.08 Å². The van der Waals surface area contributed by atoms with Gasteiger partial charge >= 0.3 is 0 Å². The van der Waals surface area contributed by atoms with E-state index < -0.39 is 14.9 Å². The Morgan fingerprint density at radius 3 is 2.38 bits per heavy atom. The van der Waals surface area contributed by atoms with Gasteiger partial charge in [0.25, 0.3) is 10.1 Å². The lowest BCUT2D eigenvalue weighted by Gasteiger charge is -2.26. The molecule has 0 aliphatic heterocycles. The van der Waals surface area contributed by atoms with E-state index in [1.165, 1.54) is 6.92 Å². The van der Waals surface area contributed by atoms with Crippen molar-refractivity contribution in [2.75, 3.05) is 0 Å². The van der Waals surface area contributed by atoms with Crippen molar-refractivity contribution >= 4 is 10.1 Å². The molecule has 1 atom stereocenters. The third-order valence-electron chi connectivity index (χ3n) is 2.23. The predicted octanol–water partition coefficient (Wildman–Crippen LogP) is 1.93. The van der Waals surface area contributed by atoms with Crippen LogP contribution in [0.5, 0.6) is 0 Å². The first kappa shape index (κ1) is 10.5. The van der Waals surface area contributed by atoms with Crippen molar-refractivity contribution in [1.82, 2.24) is 0 Å². The number of hydrogen-bond donors (Lipinski definition) is 1. The fourth-order valence-electron chi connectivity index (χ4n) is 1.73. The molecular weight excluding hydrogens is 188 g/mol. The fraction of sp³-hybridized carbons (Fsp3) is 0.556. The molecule has 1 aliphatic carbocycles. The van der Waals surface area contributed by atoms with Gasteiger partial charge in [0.1, 0.15) is 4.75 Å². The molecule has 0 radical (unpaired) electrons. The molecule has 1 aliphatic rings. The summed E-state index contributed by atoms with van der Waals surface area (Å²) in [5, 5.41) is 0. The second kappa shape index (κ2) is 2.96. The molecule has 0 aromatic heterocycles. The summed E-state index contributed by atoms with van der Waals surface area (Å²) in [6.45, 7) is 5.22. The van der Waals surface area contributed by atoms with Gasteiger partial charge in [-0.2, -0.15) is 8.42 Å². The van der Waals surface area contributed by atoms with Gasteiger partial charge in [-0.05, 0) is 27.2 Å². The van der Waals surface area contributed by atoms with Crippen LogP contribution in [0.25, 0.3) is 0 Å². The molecule has 1 unspecified atom stereocenters. The minimum atomic E-state index is -4.01. The highest BCUT2D eigenvalue weighted by molar-refractivity contribution is 7.87. The summed E-state index contributed by atoms with van der Waals surface area (Å²) in [6, 6.07) is 0. The van der Waals surface area contributed by atoms with Crippen LogP contribution in [0.3, 0.4) is 0 Å². The number of hydrogen-bond acceptors (Lipinski definition) is 2. The van der Waals surface area contributed by atoms with E-state index in [1.807, 2.05) is 19.9 Å². The predicted molar refractivity (Wildman–Crippen MR) is 52.1 cm³/mol. The van der Waals surface area contributed by atoms with E-state index in [2.05, 4.69) is 0 Å². The van der Waals surface area contributed by atoms with Crippen molar-refractivity contribution < 1.29 is 13.0 Å². The van der Waals surface area contributed by atoms with E-state index in [4.69, 9.17) is 4.55 Å². The van der Waals surface area contributed by atoms with Crippen molar-refractivity contribution in [1.29, 1.82) is 0 Å². The summed E-state index contributed by atoms with van der Waals surface area (Å²) >= 11 is 0. The highest BCUT2D eigenvalue weighted by Gasteiger charge is 2.37. The summed E-state index contributed by atoms with van der Waals surface area (Å²) in [5.41, 5.74) is 1.85. The third kappa shape index (κ3) is 2.00. The molecule has 0 saturated heterocycles. The normalized spacial score (nSPS) is 29.5. The minimum Gasteiger partial charge on any atom is -0.285 e. The Hall–Kier alpha value is -0.610. The van der Waals surface area contributed by atoms with Crippen molar-refractivity contribution in [2.24, 2.45) is 0 Å². The molecule has 0 bridgehead atoms. The Kier molecular flexibility index (Phi) is 2.38. The van der Waals surface area contributed by atoms with Crippen molar-refractivity contribution in [3.63, 3.8) is 0 Å². The van der Waals surface area contributed by atoms with Crippen LogP contribution in [-0.2, 0) is 10.1 Å². The maximum Gasteiger partial charge on any atom is 0.274 e. The van der Waals surface area contributed by atoms with E-state index in [-0.39, 0.29) is 0 Å². The lowest BCUT2D eigenvalue weighted by atomic mass is 9.92. The molecular formula is C9H14O3S. The highest BCUT2D eigenvalue weighted by Crippen LogP contribution is 2.31. The van der Waals surface area contributed by atoms with Crippen molar-refractivity contribution in [3.05, 3.63) is 23.3 Å². The maximum absolute atomic E-state index is 11.1. The Morgan fingerprint density at radius 1 is 1.46 bits per heavy atom. The second-order valence-corrected chi connectivity index (χ2v) is 5.73. The van der Waals surface area contributed by atoms with Crippen LogP contribution >= 0.6 is 0 Å². The Balaban J connectivity index is 3.19. The highest BCUT2D eigenvalue weighted by atomic mass is 32.2. The zero-order valence-electron chi connectivity index (χ0n) is 8.03. The summed E-state index contributed by atoms with van der Waals surface area (Å²) in [6.07, 6.45) is 3.88. The average molecular weight is 202 g/mol. The standard InChI is InChI=1S/C9H14O3S/c1-7-4-8(2)6-9(3,5-7)13(10,11)12/h4-5H,6H2,1-3H3,(H,10,11,12). The first-order valence-electron chi connectivity index (χ1n) is 4.08. The zero-order chi connectivity index (χ0) is 10.3. The molecule has 74 valence electrons. The number of allylic oxidation sites excluding steroid dienone is 3. The molecule has 0 heterocycles. The molecule has 4 heteroatoms. The third-order valence-corrected chi connectivity index (χ3v) is 3.67. The van der Waals surface area contributed by atoms with Gasteiger partial charge in [-0.1, -0.05) is 23.3 Å². The molecule has 13 heavy (non-hydrogen) atoms. The Labute approximate surface area is 78.9 Å². The molecule has 0 fully saturated rings. The average Bonchev–Trinajstić information content (AvgIpc) is 1.79. The van der Waals surface area contributed by atoms with Gasteiger partial charge in [0.05, 0.1) is 0 Å². The molecule has 0 spiro atoms. The van der Waals surface area contributed by atoms with E-state index in [0.29, 0.717) is 6.42 Å². The molecule has 0 saturated carbocycles. The van der Waals surface area contributed by atoms with Gasteiger partial charge in [0, 0.05) is 0 Å². The minimum absolute atomic E-state index is 0.364. The summed E-state index contributed by atoms with van der Waals surface area (Å²) < 4.78 is 30.1. The van der Waals surface area contributed by atoms with Crippen molar-refractivity contribution in [2.45, 2.75) is 31.9 Å². The van der Waals surface area contributed by atoms with Crippen LogP contribution in [-0.4, -0.2) is 17.7 Å². The molecule has 0 amide bonds. The maximum atomic E-state index is 11.1. The van der Waals surface area contributed by atoms with E-state index in [0.717, 1.165) is 11.1 Å². The molecule has 3 nitrogen and oxygen atoms in total. The molecule has 0 aromatic carbocycles. The molecule has 0 aromatic rings. The zero-order valence-corrected chi connectivity index (χ0v) is 8.85. The largest absolute Gasteiger partial charge is 0.285 e. The molecule has 1 rings (SSSR count). The second-order valence-electron chi connectivity index (χ2n) is 3.84.